The molecule has 0 atom stereocenters. The van der Waals surface area contributed by atoms with Gasteiger partial charge in [-0.05, 0) is 12.1 Å². The minimum absolute atomic E-state index is 0. The minimum Gasteiger partial charge on any atom is -0.465 e. The lowest BCUT2D eigenvalue weighted by atomic mass is 10.2. The van der Waals surface area contributed by atoms with Crippen LogP contribution in [0.2, 0.25) is 10.0 Å². The minimum atomic E-state index is -0.593. The molecule has 6 heteroatoms. The van der Waals surface area contributed by atoms with Crippen molar-refractivity contribution in [2.45, 2.75) is 0 Å². The maximum atomic E-state index is 11.2. The number of benzene rings is 1. The van der Waals surface area contributed by atoms with Gasteiger partial charge in [0.25, 0.3) is 0 Å². The van der Waals surface area contributed by atoms with Gasteiger partial charge in [0.05, 0.1) is 17.2 Å². The summed E-state index contributed by atoms with van der Waals surface area (Å²) in [5, 5.41) is 0.393. The first kappa shape index (κ1) is 13.4. The molecule has 3 nitrogen and oxygen atoms in total. The Bertz CT molecular complexity index is 355. The van der Waals surface area contributed by atoms with E-state index in [0.29, 0.717) is 0 Å². The quantitative estimate of drug-likeness (QED) is 0.621. The van der Waals surface area contributed by atoms with E-state index < -0.39 is 5.97 Å². The van der Waals surface area contributed by atoms with Crippen LogP contribution in [0.1, 0.15) is 10.4 Å². The fraction of sp³-hybridized carbons (Fsp3) is 0.125. The molecule has 0 spiro atoms. The fourth-order valence-corrected chi connectivity index (χ4v) is 1.28. The van der Waals surface area contributed by atoms with Gasteiger partial charge in [0, 0.05) is 5.69 Å². The lowest BCUT2D eigenvalue weighted by Crippen LogP contribution is -2.06. The zero-order chi connectivity index (χ0) is 10.0. The molecule has 0 radical (unpaired) electrons. The molecule has 0 unspecified atom stereocenters. The van der Waals surface area contributed by atoms with Gasteiger partial charge in [-0.3, -0.25) is 0 Å². The van der Waals surface area contributed by atoms with Crippen LogP contribution >= 0.6 is 35.6 Å². The van der Waals surface area contributed by atoms with Gasteiger partial charge in [-0.1, -0.05) is 23.2 Å². The molecule has 0 saturated carbocycles. The number of hydrogen-bond donors (Lipinski definition) is 1. The summed E-state index contributed by atoms with van der Waals surface area (Å²) in [6.07, 6.45) is 0. The van der Waals surface area contributed by atoms with E-state index in [4.69, 9.17) is 28.9 Å². The number of anilines is 1. The maximum absolute atomic E-state index is 11.2. The summed E-state index contributed by atoms with van der Waals surface area (Å²) < 4.78 is 4.49. The molecule has 0 fully saturated rings. The number of nitrogen functional groups attached to an aromatic ring is 1. The normalized spacial score (nSPS) is 9.07. The van der Waals surface area contributed by atoms with E-state index in [0.717, 1.165) is 0 Å². The van der Waals surface area contributed by atoms with Crippen molar-refractivity contribution in [3.8, 4) is 0 Å². The molecular formula is C8H8Cl3NO2. The van der Waals surface area contributed by atoms with Crippen molar-refractivity contribution >= 4 is 47.3 Å². The third kappa shape index (κ3) is 2.44. The van der Waals surface area contributed by atoms with Crippen molar-refractivity contribution in [1.82, 2.24) is 0 Å². The van der Waals surface area contributed by atoms with Crippen LogP contribution < -0.4 is 5.73 Å². The summed E-state index contributed by atoms with van der Waals surface area (Å²) in [6, 6.07) is 3.02. The Hall–Kier alpha value is -0.640. The number of methoxy groups -OCH3 is 1. The molecular weight excluding hydrogens is 248 g/mol. The molecule has 14 heavy (non-hydrogen) atoms. The van der Waals surface area contributed by atoms with Gasteiger partial charge < -0.3 is 10.5 Å². The monoisotopic (exact) mass is 255 g/mol. The second-order valence-electron chi connectivity index (χ2n) is 2.32. The van der Waals surface area contributed by atoms with Gasteiger partial charge in [-0.25, -0.2) is 4.79 Å². The Labute approximate surface area is 97.5 Å². The third-order valence-corrected chi connectivity index (χ3v) is 2.32. The summed E-state index contributed by atoms with van der Waals surface area (Å²) >= 11 is 11.5. The highest BCUT2D eigenvalue weighted by molar-refractivity contribution is 6.44. The number of hydrogen-bond acceptors (Lipinski definition) is 3. The van der Waals surface area contributed by atoms with Crippen LogP contribution in [0.3, 0.4) is 0 Å². The van der Waals surface area contributed by atoms with Gasteiger partial charge in [0.15, 0.2) is 0 Å². The van der Waals surface area contributed by atoms with Crippen molar-refractivity contribution in [2.24, 2.45) is 0 Å². The summed E-state index contributed by atoms with van der Waals surface area (Å²) in [4.78, 5) is 11.2. The first-order chi connectivity index (χ1) is 6.07. The highest BCUT2D eigenvalue weighted by Crippen LogP contribution is 2.30. The maximum Gasteiger partial charge on any atom is 0.341 e. The van der Waals surface area contributed by atoms with Gasteiger partial charge in [0.2, 0.25) is 0 Å². The van der Waals surface area contributed by atoms with Crippen LogP contribution in [0.25, 0.3) is 0 Å². The third-order valence-electron chi connectivity index (χ3n) is 1.52. The molecule has 0 amide bonds. The average molecular weight is 257 g/mol. The molecule has 2 N–H and O–H groups in total. The van der Waals surface area contributed by atoms with E-state index in [1.807, 2.05) is 0 Å². The van der Waals surface area contributed by atoms with Gasteiger partial charge in [-0.15, -0.1) is 12.4 Å². The second-order valence-corrected chi connectivity index (χ2v) is 3.10. The number of ether oxygens (including phenoxy) is 1. The number of carbonyl (C=O) groups is 1. The van der Waals surface area contributed by atoms with Gasteiger partial charge in [0.1, 0.15) is 5.56 Å². The predicted molar refractivity (Wildman–Crippen MR) is 59.5 cm³/mol. The summed E-state index contributed by atoms with van der Waals surface area (Å²) in [5.41, 5.74) is 5.88. The van der Waals surface area contributed by atoms with E-state index >= 15 is 0 Å². The van der Waals surface area contributed by atoms with Crippen LogP contribution in [0.5, 0.6) is 0 Å². The number of halogens is 3. The molecule has 78 valence electrons. The number of esters is 1. The highest BCUT2D eigenvalue weighted by Gasteiger charge is 2.16. The zero-order valence-corrected chi connectivity index (χ0v) is 9.54. The first-order valence-electron chi connectivity index (χ1n) is 3.39. The molecule has 0 bridgehead atoms. The lowest BCUT2D eigenvalue weighted by Gasteiger charge is -2.06. The Morgan fingerprint density at radius 3 is 2.50 bits per heavy atom. The van der Waals surface area contributed by atoms with Crippen LogP contribution in [0.4, 0.5) is 5.69 Å². The van der Waals surface area contributed by atoms with E-state index in [1.165, 1.54) is 19.2 Å². The Morgan fingerprint density at radius 2 is 2.00 bits per heavy atom. The number of nitrogens with two attached hydrogens (primary N) is 1. The van der Waals surface area contributed by atoms with E-state index in [-0.39, 0.29) is 33.7 Å². The standard InChI is InChI=1S/C8H7Cl2NO2.ClH/c1-13-8(12)6-5(11)3-2-4(9)7(6)10;/h2-3H,11H2,1H3;1H. The smallest absolute Gasteiger partial charge is 0.341 e. The SMILES string of the molecule is COC(=O)c1c(N)ccc(Cl)c1Cl.Cl. The van der Waals surface area contributed by atoms with Crippen molar-refractivity contribution in [3.63, 3.8) is 0 Å². The second kappa shape index (κ2) is 5.29. The van der Waals surface area contributed by atoms with E-state index in [1.54, 1.807) is 0 Å². The van der Waals surface area contributed by atoms with Crippen molar-refractivity contribution in [3.05, 3.63) is 27.7 Å². The topological polar surface area (TPSA) is 52.3 Å². The molecule has 1 aromatic carbocycles. The van der Waals surface area contributed by atoms with Crippen molar-refractivity contribution in [2.75, 3.05) is 12.8 Å². The molecule has 0 saturated heterocycles. The van der Waals surface area contributed by atoms with E-state index in [9.17, 15) is 4.79 Å². The molecule has 1 rings (SSSR count). The van der Waals surface area contributed by atoms with Gasteiger partial charge in [-0.2, -0.15) is 0 Å². The summed E-state index contributed by atoms with van der Waals surface area (Å²) in [7, 11) is 1.25. The van der Waals surface area contributed by atoms with Crippen LogP contribution in [-0.2, 0) is 4.74 Å². The molecule has 0 aliphatic rings. The highest BCUT2D eigenvalue weighted by atomic mass is 35.5. The number of carbonyl (C=O) groups excluding carboxylic acids is 1. The van der Waals surface area contributed by atoms with Crippen LogP contribution in [0, 0.1) is 0 Å². The molecule has 1 aromatic rings. The van der Waals surface area contributed by atoms with E-state index in [2.05, 4.69) is 4.74 Å². The zero-order valence-electron chi connectivity index (χ0n) is 7.21. The van der Waals surface area contributed by atoms with Gasteiger partial charge >= 0.3 is 5.97 Å². The fourth-order valence-electron chi connectivity index (χ4n) is 0.875. The Kier molecular flexibility index (Phi) is 5.05. The summed E-state index contributed by atoms with van der Waals surface area (Å²) in [6.45, 7) is 0. The molecule has 0 aliphatic carbocycles. The first-order valence-corrected chi connectivity index (χ1v) is 4.15. The largest absolute Gasteiger partial charge is 0.465 e. The average Bonchev–Trinajstić information content (AvgIpc) is 2.12. The van der Waals surface area contributed by atoms with Crippen LogP contribution in [0.15, 0.2) is 12.1 Å². The van der Waals surface area contributed by atoms with Crippen molar-refractivity contribution < 1.29 is 9.53 Å². The molecule has 0 heterocycles. The molecule has 0 aromatic heterocycles. The molecule has 0 aliphatic heterocycles. The Morgan fingerprint density at radius 1 is 1.43 bits per heavy atom. The predicted octanol–water partition coefficient (Wildman–Crippen LogP) is 2.78. The van der Waals surface area contributed by atoms with Crippen molar-refractivity contribution in [1.29, 1.82) is 0 Å². The van der Waals surface area contributed by atoms with Crippen LogP contribution in [-0.4, -0.2) is 13.1 Å². The number of rotatable bonds is 1. The lowest BCUT2D eigenvalue weighted by molar-refractivity contribution is 0.0602. The Balaban J connectivity index is 0.00000169. The summed E-state index contributed by atoms with van der Waals surface area (Å²) in [5.74, 6) is -0.593.